The molecule has 1 aliphatic heterocycles. The summed E-state index contributed by atoms with van der Waals surface area (Å²) in [5.41, 5.74) is 4.69. The Morgan fingerprint density at radius 2 is 1.65 bits per heavy atom. The molecule has 1 aliphatic carbocycles. The number of hydrogen-bond acceptors (Lipinski definition) is 4. The van der Waals surface area contributed by atoms with Crippen LogP contribution in [0.15, 0.2) is 78.9 Å². The largest absolute Gasteiger partial charge is 0.490 e. The van der Waals surface area contributed by atoms with Crippen LogP contribution in [0.2, 0.25) is 0 Å². The number of fused-ring (bicyclic) bond motifs is 1. The van der Waals surface area contributed by atoms with Crippen LogP contribution in [0, 0.1) is 0 Å². The first-order valence-electron chi connectivity index (χ1n) is 11.0. The van der Waals surface area contributed by atoms with E-state index in [1.54, 1.807) is 0 Å². The lowest BCUT2D eigenvalue weighted by molar-refractivity contribution is 0.0222. The van der Waals surface area contributed by atoms with E-state index in [-0.39, 0.29) is 12.0 Å². The maximum Gasteiger partial charge on any atom is 0.169 e. The van der Waals surface area contributed by atoms with E-state index >= 15 is 0 Å². The van der Waals surface area contributed by atoms with Gasteiger partial charge in [-0.3, -0.25) is 0 Å². The van der Waals surface area contributed by atoms with Crippen LogP contribution in [0.3, 0.4) is 0 Å². The molecule has 0 unspecified atom stereocenters. The first kappa shape index (κ1) is 19.9. The predicted octanol–water partition coefficient (Wildman–Crippen LogP) is 5.12. The van der Waals surface area contributed by atoms with Crippen molar-refractivity contribution in [1.29, 1.82) is 0 Å². The number of benzene rings is 3. The zero-order chi connectivity index (χ0) is 21.0. The first-order chi connectivity index (χ1) is 15.4. The van der Waals surface area contributed by atoms with Gasteiger partial charge in [-0.1, -0.05) is 66.7 Å². The Balaban J connectivity index is 1.67. The van der Waals surface area contributed by atoms with Crippen molar-refractivity contribution in [1.82, 2.24) is 5.32 Å². The van der Waals surface area contributed by atoms with Gasteiger partial charge in [0.1, 0.15) is 5.76 Å². The topological polar surface area (TPSA) is 39.7 Å². The lowest BCUT2D eigenvalue weighted by Gasteiger charge is -2.31. The van der Waals surface area contributed by atoms with Crippen molar-refractivity contribution >= 4 is 11.3 Å². The fourth-order valence-electron chi connectivity index (χ4n) is 4.56. The maximum absolute atomic E-state index is 6.65. The third-order valence-electron chi connectivity index (χ3n) is 5.87. The van der Waals surface area contributed by atoms with Crippen molar-refractivity contribution in [2.75, 3.05) is 26.3 Å². The molecule has 0 spiro atoms. The van der Waals surface area contributed by atoms with Gasteiger partial charge in [-0.2, -0.15) is 0 Å². The van der Waals surface area contributed by atoms with Crippen molar-refractivity contribution in [3.63, 3.8) is 0 Å². The average Bonchev–Trinajstić information content (AvgIpc) is 3.16. The number of ether oxygens (including phenoxy) is 3. The van der Waals surface area contributed by atoms with E-state index in [4.69, 9.17) is 14.2 Å². The molecule has 1 heterocycles. The molecule has 2 atom stereocenters. The van der Waals surface area contributed by atoms with Gasteiger partial charge in [0.15, 0.2) is 11.5 Å². The Morgan fingerprint density at radius 3 is 2.42 bits per heavy atom. The number of morpholine rings is 1. The minimum absolute atomic E-state index is 0.0494. The summed E-state index contributed by atoms with van der Waals surface area (Å²) in [4.78, 5) is 0. The van der Waals surface area contributed by atoms with Gasteiger partial charge in [-0.05, 0) is 30.2 Å². The molecule has 4 nitrogen and oxygen atoms in total. The van der Waals surface area contributed by atoms with Crippen LogP contribution in [0.1, 0.15) is 29.5 Å². The van der Waals surface area contributed by atoms with E-state index in [1.165, 1.54) is 11.1 Å². The maximum atomic E-state index is 6.65. The summed E-state index contributed by atoms with van der Waals surface area (Å²) in [5.74, 6) is 2.46. The fourth-order valence-corrected chi connectivity index (χ4v) is 4.56. The Bertz CT molecular complexity index is 1070. The van der Waals surface area contributed by atoms with Crippen LogP contribution in [0.5, 0.6) is 11.5 Å². The first-order valence-corrected chi connectivity index (χ1v) is 11.0. The van der Waals surface area contributed by atoms with Crippen molar-refractivity contribution in [3.05, 3.63) is 95.6 Å². The molecular weight excluding hydrogens is 386 g/mol. The van der Waals surface area contributed by atoms with E-state index < -0.39 is 0 Å². The summed E-state index contributed by atoms with van der Waals surface area (Å²) in [5, 5.41) is 3.50. The molecule has 4 heteroatoms. The van der Waals surface area contributed by atoms with Crippen LogP contribution < -0.4 is 14.8 Å². The molecule has 1 N–H and O–H groups in total. The molecule has 3 aromatic carbocycles. The Morgan fingerprint density at radius 1 is 0.903 bits per heavy atom. The highest BCUT2D eigenvalue weighted by Gasteiger charge is 2.39. The molecule has 5 rings (SSSR count). The van der Waals surface area contributed by atoms with Gasteiger partial charge in [0.2, 0.25) is 0 Å². The third kappa shape index (κ3) is 3.85. The molecule has 3 aromatic rings. The van der Waals surface area contributed by atoms with Crippen molar-refractivity contribution in [2.45, 2.75) is 18.9 Å². The molecule has 1 fully saturated rings. The molecule has 0 bridgehead atoms. The summed E-state index contributed by atoms with van der Waals surface area (Å²) in [7, 11) is 0. The molecule has 0 amide bonds. The summed E-state index contributed by atoms with van der Waals surface area (Å²) in [6.07, 6.45) is 0.0494. The van der Waals surface area contributed by atoms with Crippen LogP contribution >= 0.6 is 0 Å². The quantitative estimate of drug-likeness (QED) is 0.609. The van der Waals surface area contributed by atoms with Crippen LogP contribution in [0.25, 0.3) is 11.3 Å². The number of nitrogens with one attached hydrogen (secondary N) is 1. The Labute approximate surface area is 183 Å². The summed E-state index contributed by atoms with van der Waals surface area (Å²) in [6.45, 7) is 5.00. The van der Waals surface area contributed by atoms with E-state index in [1.807, 2.05) is 37.3 Å². The second-order valence-electron chi connectivity index (χ2n) is 7.77. The summed E-state index contributed by atoms with van der Waals surface area (Å²) in [6, 6.07) is 26.9. The van der Waals surface area contributed by atoms with Gasteiger partial charge in [-0.15, -0.1) is 0 Å². The number of para-hydroxylation sites is 2. The minimum Gasteiger partial charge on any atom is -0.490 e. The summed E-state index contributed by atoms with van der Waals surface area (Å²) < 4.78 is 18.7. The molecule has 1 saturated heterocycles. The van der Waals surface area contributed by atoms with Gasteiger partial charge in [0, 0.05) is 30.1 Å². The zero-order valence-corrected chi connectivity index (χ0v) is 17.7. The molecule has 158 valence electrons. The normalized spacial score (nSPS) is 20.4. The van der Waals surface area contributed by atoms with E-state index in [0.717, 1.165) is 48.1 Å². The van der Waals surface area contributed by atoms with Crippen molar-refractivity contribution in [2.24, 2.45) is 0 Å². The lowest BCUT2D eigenvalue weighted by atomic mass is 9.86. The van der Waals surface area contributed by atoms with Crippen LogP contribution in [-0.4, -0.2) is 32.4 Å². The SMILES string of the molecule is CCOc1ccccc1OC1=C(c2ccccc2)[C@H]([C@H]2CNCCO2)c2ccccc21. The predicted molar refractivity (Wildman–Crippen MR) is 123 cm³/mol. The second kappa shape index (κ2) is 8.96. The van der Waals surface area contributed by atoms with Gasteiger partial charge >= 0.3 is 0 Å². The fraction of sp³-hybridized carbons (Fsp3) is 0.259. The van der Waals surface area contributed by atoms with Crippen molar-refractivity contribution < 1.29 is 14.2 Å². The van der Waals surface area contributed by atoms with Crippen molar-refractivity contribution in [3.8, 4) is 11.5 Å². The molecule has 0 saturated carbocycles. The minimum atomic E-state index is 0.0494. The standard InChI is InChI=1S/C27H27NO3/c1-2-29-22-14-8-9-15-23(22)31-27-21-13-7-6-12-20(21)26(24-18-28-16-17-30-24)25(27)19-10-4-3-5-11-19/h3-15,24,26,28H,2,16-18H2,1H3/t24-,26+/m1/s1. The van der Waals surface area contributed by atoms with E-state index in [2.05, 4.69) is 53.8 Å². The average molecular weight is 414 g/mol. The lowest BCUT2D eigenvalue weighted by Crippen LogP contribution is -2.41. The Kier molecular flexibility index (Phi) is 5.74. The monoisotopic (exact) mass is 413 g/mol. The molecule has 31 heavy (non-hydrogen) atoms. The molecule has 0 radical (unpaired) electrons. The van der Waals surface area contributed by atoms with E-state index in [0.29, 0.717) is 6.61 Å². The van der Waals surface area contributed by atoms with Gasteiger partial charge in [0.25, 0.3) is 0 Å². The van der Waals surface area contributed by atoms with Gasteiger partial charge in [-0.25, -0.2) is 0 Å². The highest BCUT2D eigenvalue weighted by Crippen LogP contribution is 2.50. The highest BCUT2D eigenvalue weighted by atomic mass is 16.5. The zero-order valence-electron chi connectivity index (χ0n) is 17.7. The van der Waals surface area contributed by atoms with Gasteiger partial charge < -0.3 is 19.5 Å². The Hall–Kier alpha value is -3.08. The van der Waals surface area contributed by atoms with E-state index in [9.17, 15) is 0 Å². The third-order valence-corrected chi connectivity index (χ3v) is 5.87. The number of rotatable bonds is 6. The molecule has 2 aliphatic rings. The highest BCUT2D eigenvalue weighted by molar-refractivity contribution is 5.98. The van der Waals surface area contributed by atoms with Crippen LogP contribution in [0.4, 0.5) is 0 Å². The second-order valence-corrected chi connectivity index (χ2v) is 7.77. The van der Waals surface area contributed by atoms with Crippen LogP contribution in [-0.2, 0) is 4.74 Å². The molecular formula is C27H27NO3. The van der Waals surface area contributed by atoms with Gasteiger partial charge in [0.05, 0.1) is 19.3 Å². The summed E-state index contributed by atoms with van der Waals surface area (Å²) >= 11 is 0. The smallest absolute Gasteiger partial charge is 0.169 e. The molecule has 0 aromatic heterocycles. The number of hydrogen-bond donors (Lipinski definition) is 1.